The summed E-state index contributed by atoms with van der Waals surface area (Å²) in [6.45, 7) is 1.63. The molecule has 0 aromatic carbocycles. The molecule has 6 heteroatoms. The zero-order chi connectivity index (χ0) is 17.1. The van der Waals surface area contributed by atoms with E-state index in [0.29, 0.717) is 25.3 Å². The molecule has 1 saturated heterocycles. The zero-order valence-corrected chi connectivity index (χ0v) is 14.0. The molecule has 0 spiro atoms. The lowest BCUT2D eigenvalue weighted by Crippen LogP contribution is -2.53. The van der Waals surface area contributed by atoms with Gasteiger partial charge in [0.25, 0.3) is 5.91 Å². The van der Waals surface area contributed by atoms with Crippen molar-refractivity contribution in [1.29, 1.82) is 0 Å². The Morgan fingerprint density at radius 3 is 2.88 bits per heavy atom. The molecule has 0 bridgehead atoms. The van der Waals surface area contributed by atoms with Gasteiger partial charge in [0.1, 0.15) is 6.10 Å². The van der Waals surface area contributed by atoms with Crippen LogP contribution in [0.2, 0.25) is 0 Å². The van der Waals surface area contributed by atoms with Gasteiger partial charge in [0.15, 0.2) is 0 Å². The molecule has 1 amide bonds. The fraction of sp³-hybridized carbons (Fsp3) is 0.421. The lowest BCUT2D eigenvalue weighted by molar-refractivity contribution is -0.109. The van der Waals surface area contributed by atoms with E-state index in [0.717, 1.165) is 18.5 Å². The lowest BCUT2D eigenvalue weighted by Gasteiger charge is -2.39. The third-order valence-corrected chi connectivity index (χ3v) is 4.90. The second kappa shape index (κ2) is 7.29. The van der Waals surface area contributed by atoms with E-state index in [2.05, 4.69) is 9.97 Å². The Kier molecular flexibility index (Phi) is 4.72. The second-order valence-corrected chi connectivity index (χ2v) is 6.39. The molecule has 0 radical (unpaired) electrons. The SMILES string of the molecule is O=C(c1ccncc1)N1CCO[C@H]2[C@H](OCc3ccccn3)CC[C@@H]21. The number of amides is 1. The second-order valence-electron chi connectivity index (χ2n) is 6.39. The number of carbonyl (C=O) groups is 1. The van der Waals surface area contributed by atoms with Crippen LogP contribution in [0.1, 0.15) is 28.9 Å². The Balaban J connectivity index is 1.42. The van der Waals surface area contributed by atoms with Crippen LogP contribution in [-0.4, -0.2) is 52.2 Å². The van der Waals surface area contributed by atoms with Gasteiger partial charge in [0, 0.05) is 30.7 Å². The summed E-state index contributed by atoms with van der Waals surface area (Å²) in [5.41, 5.74) is 1.58. The van der Waals surface area contributed by atoms with E-state index >= 15 is 0 Å². The molecular weight excluding hydrogens is 318 g/mol. The first kappa shape index (κ1) is 16.2. The maximum Gasteiger partial charge on any atom is 0.254 e. The fourth-order valence-corrected chi connectivity index (χ4v) is 3.68. The average molecular weight is 339 g/mol. The van der Waals surface area contributed by atoms with E-state index in [1.54, 1.807) is 30.7 Å². The summed E-state index contributed by atoms with van der Waals surface area (Å²) >= 11 is 0. The first-order valence-electron chi connectivity index (χ1n) is 8.67. The summed E-state index contributed by atoms with van der Waals surface area (Å²) in [5.74, 6) is 0.0473. The van der Waals surface area contributed by atoms with Crippen molar-refractivity contribution in [2.45, 2.75) is 37.7 Å². The minimum absolute atomic E-state index is 0.0000427. The molecule has 2 aromatic heterocycles. The molecule has 2 fully saturated rings. The lowest BCUT2D eigenvalue weighted by atomic mass is 10.1. The van der Waals surface area contributed by atoms with Crippen molar-refractivity contribution in [3.63, 3.8) is 0 Å². The predicted octanol–water partition coefficient (Wildman–Crippen LogP) is 2.07. The van der Waals surface area contributed by atoms with Crippen LogP contribution in [-0.2, 0) is 16.1 Å². The monoisotopic (exact) mass is 339 g/mol. The quantitative estimate of drug-likeness (QED) is 0.853. The summed E-state index contributed by atoms with van der Waals surface area (Å²) < 4.78 is 12.0. The number of hydrogen-bond acceptors (Lipinski definition) is 5. The molecule has 130 valence electrons. The summed E-state index contributed by atoms with van der Waals surface area (Å²) in [6, 6.07) is 9.39. The number of pyridine rings is 2. The fourth-order valence-electron chi connectivity index (χ4n) is 3.68. The topological polar surface area (TPSA) is 64.6 Å². The maximum atomic E-state index is 12.8. The number of morpholine rings is 1. The van der Waals surface area contributed by atoms with Crippen LogP contribution >= 0.6 is 0 Å². The van der Waals surface area contributed by atoms with E-state index in [1.165, 1.54) is 0 Å². The third kappa shape index (κ3) is 3.41. The van der Waals surface area contributed by atoms with Gasteiger partial charge in [-0.2, -0.15) is 0 Å². The Labute approximate surface area is 146 Å². The molecule has 0 N–H and O–H groups in total. The number of ether oxygens (including phenoxy) is 2. The highest BCUT2D eigenvalue weighted by Gasteiger charge is 2.45. The van der Waals surface area contributed by atoms with Crippen LogP contribution in [0.25, 0.3) is 0 Å². The highest BCUT2D eigenvalue weighted by molar-refractivity contribution is 5.94. The molecule has 2 aromatic rings. The Hall–Kier alpha value is -2.31. The molecular formula is C19H21N3O3. The van der Waals surface area contributed by atoms with Gasteiger partial charge in [-0.1, -0.05) is 6.07 Å². The number of nitrogens with zero attached hydrogens (tertiary/aromatic N) is 3. The minimum atomic E-state index is -0.0664. The Bertz CT molecular complexity index is 710. The van der Waals surface area contributed by atoms with Crippen molar-refractivity contribution >= 4 is 5.91 Å². The number of hydrogen-bond donors (Lipinski definition) is 0. The van der Waals surface area contributed by atoms with E-state index in [9.17, 15) is 4.79 Å². The highest BCUT2D eigenvalue weighted by Crippen LogP contribution is 2.33. The van der Waals surface area contributed by atoms with Crippen LogP contribution in [0.15, 0.2) is 48.9 Å². The molecule has 4 rings (SSSR count). The van der Waals surface area contributed by atoms with Crippen LogP contribution in [0.5, 0.6) is 0 Å². The van der Waals surface area contributed by atoms with Crippen LogP contribution in [0, 0.1) is 0 Å². The average Bonchev–Trinajstić information content (AvgIpc) is 3.10. The van der Waals surface area contributed by atoms with Crippen molar-refractivity contribution < 1.29 is 14.3 Å². The molecule has 25 heavy (non-hydrogen) atoms. The van der Waals surface area contributed by atoms with Gasteiger partial charge >= 0.3 is 0 Å². The summed E-state index contributed by atoms with van der Waals surface area (Å²) in [4.78, 5) is 23.0. The van der Waals surface area contributed by atoms with Crippen molar-refractivity contribution in [3.05, 3.63) is 60.2 Å². The van der Waals surface area contributed by atoms with Gasteiger partial charge in [-0.15, -0.1) is 0 Å². The largest absolute Gasteiger partial charge is 0.372 e. The number of rotatable bonds is 4. The number of fused-ring (bicyclic) bond motifs is 1. The molecule has 6 nitrogen and oxygen atoms in total. The smallest absolute Gasteiger partial charge is 0.254 e. The van der Waals surface area contributed by atoms with Crippen molar-refractivity contribution in [3.8, 4) is 0 Å². The summed E-state index contributed by atoms with van der Waals surface area (Å²) in [6.07, 6.45) is 6.79. The Morgan fingerprint density at radius 2 is 2.08 bits per heavy atom. The minimum Gasteiger partial charge on any atom is -0.372 e. The first-order valence-corrected chi connectivity index (χ1v) is 8.67. The normalized spacial score (nSPS) is 25.6. The van der Waals surface area contributed by atoms with Crippen LogP contribution < -0.4 is 0 Å². The molecule has 3 atom stereocenters. The zero-order valence-electron chi connectivity index (χ0n) is 14.0. The van der Waals surface area contributed by atoms with Crippen molar-refractivity contribution in [1.82, 2.24) is 14.9 Å². The van der Waals surface area contributed by atoms with Crippen LogP contribution in [0.3, 0.4) is 0 Å². The van der Waals surface area contributed by atoms with Crippen molar-refractivity contribution in [2.75, 3.05) is 13.2 Å². The molecule has 3 heterocycles. The van der Waals surface area contributed by atoms with E-state index in [4.69, 9.17) is 9.47 Å². The number of carbonyl (C=O) groups excluding carboxylic acids is 1. The summed E-state index contributed by atoms with van der Waals surface area (Å²) in [5, 5.41) is 0. The van der Waals surface area contributed by atoms with Gasteiger partial charge < -0.3 is 14.4 Å². The highest BCUT2D eigenvalue weighted by atomic mass is 16.5. The molecule has 0 unspecified atom stereocenters. The van der Waals surface area contributed by atoms with E-state index < -0.39 is 0 Å². The summed E-state index contributed by atoms with van der Waals surface area (Å²) in [7, 11) is 0. The number of aromatic nitrogens is 2. The van der Waals surface area contributed by atoms with Gasteiger partial charge in [0.05, 0.1) is 31.1 Å². The molecule has 2 aliphatic rings. The van der Waals surface area contributed by atoms with Gasteiger partial charge in [-0.3, -0.25) is 14.8 Å². The Morgan fingerprint density at radius 1 is 1.20 bits per heavy atom. The van der Waals surface area contributed by atoms with Crippen molar-refractivity contribution in [2.24, 2.45) is 0 Å². The molecule has 1 saturated carbocycles. The van der Waals surface area contributed by atoms with Gasteiger partial charge in [-0.05, 0) is 37.1 Å². The van der Waals surface area contributed by atoms with E-state index in [-0.39, 0.29) is 24.2 Å². The maximum absolute atomic E-state index is 12.8. The third-order valence-electron chi connectivity index (χ3n) is 4.90. The van der Waals surface area contributed by atoms with Gasteiger partial charge in [0.2, 0.25) is 0 Å². The molecule has 1 aliphatic carbocycles. The van der Waals surface area contributed by atoms with Gasteiger partial charge in [-0.25, -0.2) is 0 Å². The van der Waals surface area contributed by atoms with E-state index in [1.807, 2.05) is 23.1 Å². The first-order chi connectivity index (χ1) is 12.3. The van der Waals surface area contributed by atoms with Crippen LogP contribution in [0.4, 0.5) is 0 Å². The predicted molar refractivity (Wildman–Crippen MR) is 90.8 cm³/mol. The standard InChI is InChI=1S/C19H21N3O3/c23-19(14-6-9-20-10-7-14)22-11-12-24-18-16(22)4-5-17(18)25-13-15-3-1-2-8-21-15/h1-3,6-10,16-18H,4-5,11-13H2/t16-,17+,18+/m0/s1. The molecule has 1 aliphatic heterocycles.